The number of benzene rings is 2. The molecule has 0 amide bonds. The molecular weight excluding hydrogens is 396 g/mol. The Balaban J connectivity index is 1.77. The van der Waals surface area contributed by atoms with Gasteiger partial charge in [0.1, 0.15) is 6.61 Å². The van der Waals surface area contributed by atoms with Gasteiger partial charge in [0, 0.05) is 18.7 Å². The van der Waals surface area contributed by atoms with Crippen molar-refractivity contribution in [1.29, 1.82) is 0 Å². The number of nitro groups is 1. The van der Waals surface area contributed by atoms with Crippen molar-refractivity contribution in [1.82, 2.24) is 4.31 Å². The van der Waals surface area contributed by atoms with Crippen molar-refractivity contribution in [3.8, 4) is 0 Å². The summed E-state index contributed by atoms with van der Waals surface area (Å²) in [7, 11) is -3.72. The lowest BCUT2D eigenvalue weighted by molar-refractivity contribution is -0.385. The molecule has 29 heavy (non-hydrogen) atoms. The summed E-state index contributed by atoms with van der Waals surface area (Å²) >= 11 is 0. The molecule has 9 heteroatoms. The van der Waals surface area contributed by atoms with Crippen LogP contribution in [0.2, 0.25) is 0 Å². The molecule has 1 saturated heterocycles. The maximum Gasteiger partial charge on any atom is 0.338 e. The summed E-state index contributed by atoms with van der Waals surface area (Å²) in [6.07, 6.45) is 2.60. The molecule has 0 saturated carbocycles. The summed E-state index contributed by atoms with van der Waals surface area (Å²) in [5.41, 5.74) is 0.196. The van der Waals surface area contributed by atoms with Crippen LogP contribution >= 0.6 is 0 Å². The van der Waals surface area contributed by atoms with Crippen LogP contribution in [-0.4, -0.2) is 36.2 Å². The number of rotatable bonds is 6. The Kier molecular flexibility index (Phi) is 6.29. The maximum absolute atomic E-state index is 13.0. The fourth-order valence-electron chi connectivity index (χ4n) is 3.39. The van der Waals surface area contributed by atoms with Crippen LogP contribution in [0.1, 0.15) is 42.1 Å². The number of hydrogen-bond acceptors (Lipinski definition) is 6. The van der Waals surface area contributed by atoms with Crippen molar-refractivity contribution in [3.63, 3.8) is 0 Å². The molecule has 0 radical (unpaired) electrons. The van der Waals surface area contributed by atoms with E-state index in [9.17, 15) is 23.3 Å². The summed E-state index contributed by atoms with van der Waals surface area (Å²) in [5.74, 6) is -0.744. The quantitative estimate of drug-likeness (QED) is 0.404. The predicted octanol–water partition coefficient (Wildman–Crippen LogP) is 3.51. The van der Waals surface area contributed by atoms with Crippen LogP contribution in [0.4, 0.5) is 5.69 Å². The Hall–Kier alpha value is -2.78. The first kappa shape index (κ1) is 20.9. The van der Waals surface area contributed by atoms with Crippen molar-refractivity contribution in [2.45, 2.75) is 43.7 Å². The van der Waals surface area contributed by atoms with Crippen LogP contribution in [0, 0.1) is 10.1 Å². The normalized spacial score (nSPS) is 17.6. The van der Waals surface area contributed by atoms with Gasteiger partial charge in [-0.25, -0.2) is 13.2 Å². The minimum atomic E-state index is -3.72. The van der Waals surface area contributed by atoms with Gasteiger partial charge in [-0.05, 0) is 44.0 Å². The smallest absolute Gasteiger partial charge is 0.338 e. The minimum absolute atomic E-state index is 0.0337. The van der Waals surface area contributed by atoms with E-state index in [1.165, 1.54) is 46.8 Å². The van der Waals surface area contributed by atoms with E-state index < -0.39 is 20.9 Å². The van der Waals surface area contributed by atoms with Gasteiger partial charge in [0.05, 0.1) is 20.9 Å². The number of ether oxygens (including phenoxy) is 1. The molecule has 0 bridgehead atoms. The molecule has 0 spiro atoms. The molecule has 3 rings (SSSR count). The molecule has 1 heterocycles. The Morgan fingerprint density at radius 1 is 1.21 bits per heavy atom. The van der Waals surface area contributed by atoms with Gasteiger partial charge in [-0.3, -0.25) is 10.1 Å². The number of nitrogens with zero attached hydrogens (tertiary/aromatic N) is 2. The van der Waals surface area contributed by atoms with Crippen LogP contribution in [-0.2, 0) is 21.4 Å². The number of carbonyl (C=O) groups excluding carboxylic acids is 1. The molecule has 1 aliphatic rings. The van der Waals surface area contributed by atoms with E-state index >= 15 is 0 Å². The van der Waals surface area contributed by atoms with Gasteiger partial charge >= 0.3 is 5.97 Å². The lowest BCUT2D eigenvalue weighted by Crippen LogP contribution is -2.41. The highest BCUT2D eigenvalue weighted by Gasteiger charge is 2.31. The number of para-hydroxylation sites is 1. The summed E-state index contributed by atoms with van der Waals surface area (Å²) in [6.45, 7) is 2.05. The van der Waals surface area contributed by atoms with Crippen LogP contribution in [0.25, 0.3) is 0 Å². The number of esters is 1. The number of nitro benzene ring substituents is 1. The summed E-state index contributed by atoms with van der Waals surface area (Å²) in [6, 6.07) is 11.6. The number of carbonyl (C=O) groups is 1. The van der Waals surface area contributed by atoms with E-state index in [0.717, 1.165) is 19.3 Å². The minimum Gasteiger partial charge on any atom is -0.457 e. The van der Waals surface area contributed by atoms with Gasteiger partial charge in [0.15, 0.2) is 0 Å². The first-order valence-electron chi connectivity index (χ1n) is 9.32. The second-order valence-electron chi connectivity index (χ2n) is 6.95. The SMILES string of the molecule is C[C@@H]1CCCCN1S(=O)(=O)c1cccc(C(=O)OCc2ccccc2[N+](=O)[O-])c1. The van der Waals surface area contributed by atoms with Gasteiger partial charge in [0.2, 0.25) is 10.0 Å². The van der Waals surface area contributed by atoms with Crippen LogP contribution in [0.3, 0.4) is 0 Å². The largest absolute Gasteiger partial charge is 0.457 e. The topological polar surface area (TPSA) is 107 Å². The third-order valence-corrected chi connectivity index (χ3v) is 6.97. The van der Waals surface area contributed by atoms with Crippen molar-refractivity contribution in [2.75, 3.05) is 6.54 Å². The molecule has 2 aromatic rings. The van der Waals surface area contributed by atoms with E-state index in [2.05, 4.69) is 0 Å². The van der Waals surface area contributed by atoms with E-state index in [1.54, 1.807) is 6.07 Å². The van der Waals surface area contributed by atoms with Crippen LogP contribution in [0.15, 0.2) is 53.4 Å². The molecule has 0 aromatic heterocycles. The Labute approximate surface area is 169 Å². The molecule has 0 N–H and O–H groups in total. The zero-order valence-electron chi connectivity index (χ0n) is 16.0. The molecule has 1 aliphatic heterocycles. The van der Waals surface area contributed by atoms with Crippen molar-refractivity contribution < 1.29 is 22.9 Å². The second kappa shape index (κ2) is 8.71. The maximum atomic E-state index is 13.0. The molecule has 0 unspecified atom stereocenters. The van der Waals surface area contributed by atoms with Crippen LogP contribution < -0.4 is 0 Å². The van der Waals surface area contributed by atoms with E-state index in [-0.39, 0.29) is 34.4 Å². The van der Waals surface area contributed by atoms with E-state index in [0.29, 0.717) is 6.54 Å². The third kappa shape index (κ3) is 4.63. The third-order valence-electron chi connectivity index (χ3n) is 4.97. The molecule has 2 aromatic carbocycles. The number of hydrogen-bond donors (Lipinski definition) is 0. The lowest BCUT2D eigenvalue weighted by Gasteiger charge is -2.32. The number of piperidine rings is 1. The lowest BCUT2D eigenvalue weighted by atomic mass is 10.1. The van der Waals surface area contributed by atoms with E-state index in [1.807, 2.05) is 6.92 Å². The standard InChI is InChI=1S/C20H22N2O6S/c1-15-7-4-5-12-21(15)29(26,27)18-10-6-9-16(13-18)20(23)28-14-17-8-2-3-11-19(17)22(24)25/h2-3,6,8-11,13,15H,4-5,7,12,14H2,1H3/t15-/m1/s1. The Morgan fingerprint density at radius 3 is 2.69 bits per heavy atom. The predicted molar refractivity (Wildman–Crippen MR) is 106 cm³/mol. The highest BCUT2D eigenvalue weighted by atomic mass is 32.2. The van der Waals surface area contributed by atoms with Gasteiger partial charge in [0.25, 0.3) is 5.69 Å². The monoisotopic (exact) mass is 418 g/mol. The highest BCUT2D eigenvalue weighted by Crippen LogP contribution is 2.26. The fourth-order valence-corrected chi connectivity index (χ4v) is 5.13. The summed E-state index contributed by atoms with van der Waals surface area (Å²) < 4.78 is 32.6. The summed E-state index contributed by atoms with van der Waals surface area (Å²) in [5, 5.41) is 11.1. The summed E-state index contributed by atoms with van der Waals surface area (Å²) in [4.78, 5) is 23.0. The molecule has 1 fully saturated rings. The average molecular weight is 418 g/mol. The Morgan fingerprint density at radius 2 is 1.97 bits per heavy atom. The van der Waals surface area contributed by atoms with Gasteiger partial charge < -0.3 is 4.74 Å². The highest BCUT2D eigenvalue weighted by molar-refractivity contribution is 7.89. The molecule has 8 nitrogen and oxygen atoms in total. The first-order valence-corrected chi connectivity index (χ1v) is 10.8. The van der Waals surface area contributed by atoms with Crippen molar-refractivity contribution in [3.05, 3.63) is 69.8 Å². The zero-order chi connectivity index (χ0) is 21.0. The Bertz CT molecular complexity index is 1020. The zero-order valence-corrected chi connectivity index (χ0v) is 16.8. The molecular formula is C20H22N2O6S. The van der Waals surface area contributed by atoms with E-state index in [4.69, 9.17) is 4.74 Å². The average Bonchev–Trinajstić information content (AvgIpc) is 2.72. The fraction of sp³-hybridized carbons (Fsp3) is 0.350. The van der Waals surface area contributed by atoms with Crippen molar-refractivity contribution >= 4 is 21.7 Å². The molecule has 1 atom stereocenters. The van der Waals surface area contributed by atoms with Gasteiger partial charge in [-0.15, -0.1) is 0 Å². The van der Waals surface area contributed by atoms with Crippen molar-refractivity contribution in [2.24, 2.45) is 0 Å². The number of sulfonamides is 1. The second-order valence-corrected chi connectivity index (χ2v) is 8.84. The molecule has 154 valence electrons. The van der Waals surface area contributed by atoms with Gasteiger partial charge in [-0.1, -0.05) is 24.6 Å². The molecule has 0 aliphatic carbocycles. The first-order chi connectivity index (χ1) is 13.8. The van der Waals surface area contributed by atoms with Gasteiger partial charge in [-0.2, -0.15) is 4.31 Å². The van der Waals surface area contributed by atoms with Crippen LogP contribution in [0.5, 0.6) is 0 Å².